The Balaban J connectivity index is 2.53. The Morgan fingerprint density at radius 1 is 1.28 bits per heavy atom. The molecule has 0 aliphatic carbocycles. The van der Waals surface area contributed by atoms with Gasteiger partial charge in [0.1, 0.15) is 12.4 Å². The van der Waals surface area contributed by atoms with Crippen LogP contribution in [0.3, 0.4) is 0 Å². The van der Waals surface area contributed by atoms with Crippen molar-refractivity contribution in [1.29, 1.82) is 0 Å². The van der Waals surface area contributed by atoms with E-state index >= 15 is 0 Å². The van der Waals surface area contributed by atoms with Gasteiger partial charge in [0.05, 0.1) is 12.6 Å². The third kappa shape index (κ3) is 4.94. The van der Waals surface area contributed by atoms with Crippen molar-refractivity contribution in [2.45, 2.75) is 13.0 Å². The Kier molecular flexibility index (Phi) is 6.54. The summed E-state index contributed by atoms with van der Waals surface area (Å²) in [5.74, 6) is 0.889. The predicted molar refractivity (Wildman–Crippen MR) is 75.6 cm³/mol. The van der Waals surface area contributed by atoms with Crippen LogP contribution in [0.15, 0.2) is 24.3 Å². The van der Waals surface area contributed by atoms with Gasteiger partial charge in [-0.2, -0.15) is 0 Å². The zero-order chi connectivity index (χ0) is 13.4. The highest BCUT2D eigenvalue weighted by Crippen LogP contribution is 2.19. The quantitative estimate of drug-likeness (QED) is 0.764. The highest BCUT2D eigenvalue weighted by Gasteiger charge is 2.08. The van der Waals surface area contributed by atoms with E-state index in [2.05, 4.69) is 23.2 Å². The van der Waals surface area contributed by atoms with E-state index in [1.165, 1.54) is 0 Å². The summed E-state index contributed by atoms with van der Waals surface area (Å²) < 4.78 is 11.0. The van der Waals surface area contributed by atoms with Crippen LogP contribution in [0.25, 0.3) is 0 Å². The minimum absolute atomic E-state index is 0.225. The van der Waals surface area contributed by atoms with Gasteiger partial charge in [-0.1, -0.05) is 13.0 Å². The van der Waals surface area contributed by atoms with Gasteiger partial charge in [-0.15, -0.1) is 0 Å². The van der Waals surface area contributed by atoms with Gasteiger partial charge in [0.2, 0.25) is 0 Å². The van der Waals surface area contributed by atoms with Crippen LogP contribution in [0.2, 0.25) is 0 Å². The van der Waals surface area contributed by atoms with E-state index in [0.29, 0.717) is 13.2 Å². The summed E-state index contributed by atoms with van der Waals surface area (Å²) in [5, 5.41) is 3.33. The van der Waals surface area contributed by atoms with Crippen LogP contribution < -0.4 is 15.0 Å². The van der Waals surface area contributed by atoms with Gasteiger partial charge in [-0.05, 0) is 18.7 Å². The largest absolute Gasteiger partial charge is 0.492 e. The SMILES string of the molecule is CCNC(COC)COc1cccc(N(C)C)c1. The Hall–Kier alpha value is -1.26. The summed E-state index contributed by atoms with van der Waals surface area (Å²) in [6.45, 7) is 4.25. The molecule has 1 rings (SSSR count). The maximum absolute atomic E-state index is 5.79. The number of hydrogen-bond donors (Lipinski definition) is 1. The molecule has 0 aromatic heterocycles. The first kappa shape index (κ1) is 14.8. The molecular formula is C14H24N2O2. The van der Waals surface area contributed by atoms with Crippen molar-refractivity contribution >= 4 is 5.69 Å². The van der Waals surface area contributed by atoms with Crippen molar-refractivity contribution in [3.63, 3.8) is 0 Å². The van der Waals surface area contributed by atoms with Crippen LogP contribution in [0.5, 0.6) is 5.75 Å². The van der Waals surface area contributed by atoms with E-state index < -0.39 is 0 Å². The summed E-state index contributed by atoms with van der Waals surface area (Å²) in [7, 11) is 5.74. The lowest BCUT2D eigenvalue weighted by Crippen LogP contribution is -2.38. The molecule has 1 aromatic carbocycles. The highest BCUT2D eigenvalue weighted by molar-refractivity contribution is 5.49. The lowest BCUT2D eigenvalue weighted by Gasteiger charge is -2.19. The van der Waals surface area contributed by atoms with Gasteiger partial charge in [-0.3, -0.25) is 0 Å². The van der Waals surface area contributed by atoms with E-state index in [1.54, 1.807) is 7.11 Å². The molecule has 0 amide bonds. The number of nitrogens with zero attached hydrogens (tertiary/aromatic N) is 1. The Bertz CT molecular complexity index is 336. The van der Waals surface area contributed by atoms with Crippen molar-refractivity contribution < 1.29 is 9.47 Å². The fourth-order valence-corrected chi connectivity index (χ4v) is 1.70. The molecule has 1 aromatic rings. The minimum atomic E-state index is 0.225. The summed E-state index contributed by atoms with van der Waals surface area (Å²) >= 11 is 0. The summed E-state index contributed by atoms with van der Waals surface area (Å²) in [6, 6.07) is 8.30. The Morgan fingerprint density at radius 2 is 2.06 bits per heavy atom. The third-order valence-electron chi connectivity index (χ3n) is 2.65. The maximum atomic E-state index is 5.79. The number of nitrogens with one attached hydrogen (secondary N) is 1. The molecule has 4 nitrogen and oxygen atoms in total. The summed E-state index contributed by atoms with van der Waals surface area (Å²) in [5.41, 5.74) is 1.14. The summed E-state index contributed by atoms with van der Waals surface area (Å²) in [6.07, 6.45) is 0. The lowest BCUT2D eigenvalue weighted by molar-refractivity contribution is 0.137. The average molecular weight is 252 g/mol. The second-order valence-corrected chi connectivity index (χ2v) is 4.41. The molecule has 102 valence electrons. The van der Waals surface area contributed by atoms with Crippen LogP contribution >= 0.6 is 0 Å². The molecule has 1 unspecified atom stereocenters. The van der Waals surface area contributed by atoms with Crippen molar-refractivity contribution in [1.82, 2.24) is 5.32 Å². The average Bonchev–Trinajstić information content (AvgIpc) is 2.37. The van der Waals surface area contributed by atoms with Crippen molar-refractivity contribution in [3.8, 4) is 5.75 Å². The van der Waals surface area contributed by atoms with E-state index in [4.69, 9.17) is 9.47 Å². The van der Waals surface area contributed by atoms with E-state index in [0.717, 1.165) is 18.0 Å². The van der Waals surface area contributed by atoms with Gasteiger partial charge in [0.15, 0.2) is 0 Å². The molecule has 0 radical (unpaired) electrons. The number of methoxy groups -OCH3 is 1. The maximum Gasteiger partial charge on any atom is 0.121 e. The van der Waals surface area contributed by atoms with Gasteiger partial charge in [0.25, 0.3) is 0 Å². The lowest BCUT2D eigenvalue weighted by atomic mass is 10.3. The smallest absolute Gasteiger partial charge is 0.121 e. The second kappa shape index (κ2) is 7.95. The first-order valence-corrected chi connectivity index (χ1v) is 6.29. The van der Waals surface area contributed by atoms with E-state index in [1.807, 2.05) is 32.3 Å². The number of hydrogen-bond acceptors (Lipinski definition) is 4. The Morgan fingerprint density at radius 3 is 2.67 bits per heavy atom. The minimum Gasteiger partial charge on any atom is -0.492 e. The van der Waals surface area contributed by atoms with Gasteiger partial charge in [0, 0.05) is 33.0 Å². The Labute approximate surface area is 110 Å². The van der Waals surface area contributed by atoms with Gasteiger partial charge >= 0.3 is 0 Å². The fourth-order valence-electron chi connectivity index (χ4n) is 1.70. The first-order chi connectivity index (χ1) is 8.67. The second-order valence-electron chi connectivity index (χ2n) is 4.41. The molecule has 1 N–H and O–H groups in total. The van der Waals surface area contributed by atoms with Crippen molar-refractivity contribution in [2.24, 2.45) is 0 Å². The molecule has 0 fully saturated rings. The normalized spacial score (nSPS) is 12.2. The zero-order valence-corrected chi connectivity index (χ0v) is 11.8. The van der Waals surface area contributed by atoms with Gasteiger partial charge in [-0.25, -0.2) is 0 Å². The molecule has 18 heavy (non-hydrogen) atoms. The predicted octanol–water partition coefficient (Wildman–Crippen LogP) is 1.76. The molecule has 1 atom stereocenters. The molecule has 0 aliphatic heterocycles. The topological polar surface area (TPSA) is 33.7 Å². The van der Waals surface area contributed by atoms with Gasteiger partial charge < -0.3 is 19.7 Å². The number of benzene rings is 1. The molecule has 4 heteroatoms. The van der Waals surface area contributed by atoms with E-state index in [-0.39, 0.29) is 6.04 Å². The number of ether oxygens (including phenoxy) is 2. The number of rotatable bonds is 8. The molecule has 0 heterocycles. The number of likely N-dealkylation sites (N-methyl/N-ethyl adjacent to an activating group) is 1. The molecule has 0 saturated heterocycles. The zero-order valence-electron chi connectivity index (χ0n) is 11.8. The van der Waals surface area contributed by atoms with Crippen molar-refractivity contribution in [3.05, 3.63) is 24.3 Å². The summed E-state index contributed by atoms with van der Waals surface area (Å²) in [4.78, 5) is 2.06. The first-order valence-electron chi connectivity index (χ1n) is 6.29. The monoisotopic (exact) mass is 252 g/mol. The van der Waals surface area contributed by atoms with Crippen LogP contribution in [0.1, 0.15) is 6.92 Å². The molecule has 0 saturated carbocycles. The standard InChI is InChI=1S/C14H24N2O2/c1-5-15-12(10-17-4)11-18-14-8-6-7-13(9-14)16(2)3/h6-9,12,15H,5,10-11H2,1-4H3. The number of anilines is 1. The third-order valence-corrected chi connectivity index (χ3v) is 2.65. The van der Waals surface area contributed by atoms with Crippen molar-refractivity contribution in [2.75, 3.05) is 45.9 Å². The van der Waals surface area contributed by atoms with Crippen LogP contribution in [-0.2, 0) is 4.74 Å². The molecule has 0 aliphatic rings. The van der Waals surface area contributed by atoms with Crippen LogP contribution in [-0.4, -0.2) is 47.0 Å². The van der Waals surface area contributed by atoms with Crippen LogP contribution in [0.4, 0.5) is 5.69 Å². The molecule has 0 bridgehead atoms. The highest BCUT2D eigenvalue weighted by atomic mass is 16.5. The van der Waals surface area contributed by atoms with Crippen LogP contribution in [0, 0.1) is 0 Å². The fraction of sp³-hybridized carbons (Fsp3) is 0.571. The molecule has 0 spiro atoms. The van der Waals surface area contributed by atoms with E-state index in [9.17, 15) is 0 Å². The molecular weight excluding hydrogens is 228 g/mol.